The third kappa shape index (κ3) is 4.23. The first-order valence-corrected chi connectivity index (χ1v) is 5.80. The van der Waals surface area contributed by atoms with Crippen molar-refractivity contribution in [3.63, 3.8) is 0 Å². The summed E-state index contributed by atoms with van der Waals surface area (Å²) in [6, 6.07) is 0. The molecular weight excluding hydrogens is 306 g/mol. The van der Waals surface area contributed by atoms with Crippen LogP contribution in [0.2, 0.25) is 0 Å². The molecule has 3 nitrogen and oxygen atoms in total. The lowest BCUT2D eigenvalue weighted by molar-refractivity contribution is -0.229. The Morgan fingerprint density at radius 3 is 2.38 bits per heavy atom. The average molecular weight is 318 g/mol. The van der Waals surface area contributed by atoms with Crippen molar-refractivity contribution >= 4 is 5.97 Å². The Kier molecular flexibility index (Phi) is 5.08. The van der Waals surface area contributed by atoms with Crippen LogP contribution in [0.3, 0.4) is 0 Å². The molecule has 0 saturated heterocycles. The molecule has 0 radical (unpaired) electrons. The summed E-state index contributed by atoms with van der Waals surface area (Å²) < 4.78 is 81.2. The number of alkyl halides is 6. The van der Waals surface area contributed by atoms with Crippen LogP contribution < -0.4 is 0 Å². The van der Waals surface area contributed by atoms with Crippen molar-refractivity contribution in [2.45, 2.75) is 30.5 Å². The van der Waals surface area contributed by atoms with E-state index in [9.17, 15) is 31.1 Å². The molecule has 0 aromatic carbocycles. The molecular formula is C12H12F6O3. The smallest absolute Gasteiger partial charge is 0.337 e. The summed E-state index contributed by atoms with van der Waals surface area (Å²) in [5, 5.41) is 8.61. The largest absolute Gasteiger partial charge is 0.478 e. The van der Waals surface area contributed by atoms with Crippen LogP contribution in [0.4, 0.5) is 26.3 Å². The second-order valence-electron chi connectivity index (χ2n) is 4.43. The summed E-state index contributed by atoms with van der Waals surface area (Å²) in [7, 11) is 0. The van der Waals surface area contributed by atoms with Crippen LogP contribution in [0, 0.1) is 0 Å². The van der Waals surface area contributed by atoms with Crippen molar-refractivity contribution in [2.24, 2.45) is 0 Å². The average Bonchev–Trinajstić information content (AvgIpc) is 2.38. The quantitative estimate of drug-likeness (QED) is 0.733. The van der Waals surface area contributed by atoms with E-state index < -0.39 is 49.8 Å². The molecule has 1 aliphatic rings. The molecule has 9 heteroatoms. The van der Waals surface area contributed by atoms with Crippen molar-refractivity contribution in [2.75, 3.05) is 13.3 Å². The van der Waals surface area contributed by atoms with E-state index in [0.717, 1.165) is 12.2 Å². The zero-order valence-corrected chi connectivity index (χ0v) is 10.6. The number of hydrogen-bond acceptors (Lipinski definition) is 2. The van der Waals surface area contributed by atoms with Crippen LogP contribution in [0.25, 0.3) is 0 Å². The summed E-state index contributed by atoms with van der Waals surface area (Å²) in [6.45, 7) is -3.62. The van der Waals surface area contributed by atoms with Crippen LogP contribution in [0.5, 0.6) is 0 Å². The van der Waals surface area contributed by atoms with Gasteiger partial charge in [-0.3, -0.25) is 0 Å². The molecule has 0 fully saturated rings. The van der Waals surface area contributed by atoms with Gasteiger partial charge in [-0.05, 0) is 12.2 Å². The minimum atomic E-state index is -4.85. The van der Waals surface area contributed by atoms with Crippen molar-refractivity contribution < 1.29 is 41.0 Å². The summed E-state index contributed by atoms with van der Waals surface area (Å²) in [6.07, 6.45) is 0.411. The molecule has 1 unspecified atom stereocenters. The first-order valence-electron chi connectivity index (χ1n) is 5.80. The second-order valence-corrected chi connectivity index (χ2v) is 4.43. The molecule has 21 heavy (non-hydrogen) atoms. The molecule has 0 bridgehead atoms. The molecule has 120 valence electrons. The van der Waals surface area contributed by atoms with E-state index in [1.165, 1.54) is 0 Å². The van der Waals surface area contributed by atoms with Gasteiger partial charge >= 0.3 is 17.8 Å². The molecule has 0 aromatic heterocycles. The van der Waals surface area contributed by atoms with Gasteiger partial charge in [0, 0.05) is 12.8 Å². The highest BCUT2D eigenvalue weighted by molar-refractivity contribution is 5.90. The lowest BCUT2D eigenvalue weighted by Gasteiger charge is -2.27. The van der Waals surface area contributed by atoms with Gasteiger partial charge in [-0.1, -0.05) is 6.08 Å². The number of carboxylic acid groups (broad SMARTS) is 1. The maximum absolute atomic E-state index is 13.9. The van der Waals surface area contributed by atoms with Gasteiger partial charge in [-0.25, -0.2) is 13.6 Å². The van der Waals surface area contributed by atoms with Crippen molar-refractivity contribution in [1.29, 1.82) is 0 Å². The number of rotatable bonds is 7. The van der Waals surface area contributed by atoms with E-state index in [0.29, 0.717) is 6.08 Å². The molecule has 0 amide bonds. The molecule has 0 aliphatic heterocycles. The Morgan fingerprint density at radius 2 is 1.95 bits per heavy atom. The van der Waals surface area contributed by atoms with E-state index in [4.69, 9.17) is 5.11 Å². The SMILES string of the molecule is O=C(O)C1=CCC(F)(OCCC(F)(F)C(F)(F)CF)C=C1. The van der Waals surface area contributed by atoms with Gasteiger partial charge in [0.25, 0.3) is 0 Å². The molecule has 0 spiro atoms. The summed E-state index contributed by atoms with van der Waals surface area (Å²) >= 11 is 0. The third-order valence-electron chi connectivity index (χ3n) is 2.82. The standard InChI is InChI=1S/C12H12F6O3/c13-7-12(17,18)11(15,16)5-6-21-10(14)3-1-8(2-4-10)9(19)20/h1-3H,4-7H2,(H,19,20). The zero-order valence-electron chi connectivity index (χ0n) is 10.6. The van der Waals surface area contributed by atoms with Crippen LogP contribution in [0.15, 0.2) is 23.8 Å². The Morgan fingerprint density at radius 1 is 1.33 bits per heavy atom. The molecule has 1 atom stereocenters. The highest BCUT2D eigenvalue weighted by Crippen LogP contribution is 2.38. The molecule has 0 saturated carbocycles. The summed E-state index contributed by atoms with van der Waals surface area (Å²) in [5.41, 5.74) is -0.207. The van der Waals surface area contributed by atoms with E-state index >= 15 is 0 Å². The third-order valence-corrected chi connectivity index (χ3v) is 2.82. The summed E-state index contributed by atoms with van der Waals surface area (Å²) in [4.78, 5) is 10.6. The van der Waals surface area contributed by atoms with Crippen molar-refractivity contribution in [3.05, 3.63) is 23.8 Å². The number of halogens is 6. The first-order chi connectivity index (χ1) is 9.53. The monoisotopic (exact) mass is 318 g/mol. The molecule has 1 rings (SSSR count). The van der Waals surface area contributed by atoms with Crippen LogP contribution in [-0.4, -0.2) is 42.1 Å². The normalized spacial score (nSPS) is 23.0. The predicted molar refractivity (Wildman–Crippen MR) is 59.8 cm³/mol. The lowest BCUT2D eigenvalue weighted by atomic mass is 10.0. The molecule has 0 heterocycles. The van der Waals surface area contributed by atoms with Crippen molar-refractivity contribution in [1.82, 2.24) is 0 Å². The van der Waals surface area contributed by atoms with Gasteiger partial charge in [0.05, 0.1) is 12.2 Å². The van der Waals surface area contributed by atoms with E-state index in [1.54, 1.807) is 0 Å². The van der Waals surface area contributed by atoms with Crippen molar-refractivity contribution in [3.8, 4) is 0 Å². The molecule has 1 aliphatic carbocycles. The maximum Gasteiger partial charge on any atom is 0.337 e. The van der Waals surface area contributed by atoms with E-state index in [2.05, 4.69) is 4.74 Å². The number of ether oxygens (including phenoxy) is 1. The van der Waals surface area contributed by atoms with Crippen LogP contribution >= 0.6 is 0 Å². The van der Waals surface area contributed by atoms with Gasteiger partial charge in [-0.2, -0.15) is 17.6 Å². The highest BCUT2D eigenvalue weighted by Gasteiger charge is 2.56. The van der Waals surface area contributed by atoms with E-state index in [-0.39, 0.29) is 5.57 Å². The number of aliphatic carboxylic acids is 1. The Bertz CT molecular complexity index is 460. The van der Waals surface area contributed by atoms with Crippen LogP contribution in [-0.2, 0) is 9.53 Å². The van der Waals surface area contributed by atoms with Gasteiger partial charge in [0.1, 0.15) is 0 Å². The molecule has 0 aromatic rings. The minimum absolute atomic E-state index is 0.207. The lowest BCUT2D eigenvalue weighted by Crippen LogP contribution is -2.43. The fraction of sp³-hybridized carbons (Fsp3) is 0.583. The minimum Gasteiger partial charge on any atom is -0.478 e. The molecule has 1 N–H and O–H groups in total. The topological polar surface area (TPSA) is 46.5 Å². The predicted octanol–water partition coefficient (Wildman–Crippen LogP) is 3.27. The first kappa shape index (κ1) is 17.5. The Hall–Kier alpha value is -1.51. The Balaban J connectivity index is 2.54. The Labute approximate surface area is 115 Å². The second kappa shape index (κ2) is 6.08. The number of carboxylic acids is 1. The number of hydrogen-bond donors (Lipinski definition) is 1. The fourth-order valence-electron chi connectivity index (χ4n) is 1.49. The maximum atomic E-state index is 13.9. The van der Waals surface area contributed by atoms with E-state index in [1.807, 2.05) is 0 Å². The zero-order chi connectivity index (χ0) is 16.3. The van der Waals surface area contributed by atoms with Gasteiger partial charge in [0.15, 0.2) is 6.67 Å². The van der Waals surface area contributed by atoms with Crippen LogP contribution in [0.1, 0.15) is 12.8 Å². The van der Waals surface area contributed by atoms with Gasteiger partial charge in [0.2, 0.25) is 5.85 Å². The van der Waals surface area contributed by atoms with Gasteiger partial charge in [-0.15, -0.1) is 0 Å². The number of carbonyl (C=O) groups is 1. The summed E-state index contributed by atoms with van der Waals surface area (Å²) in [5.74, 6) is -13.4. The highest BCUT2D eigenvalue weighted by atomic mass is 19.3. The van der Waals surface area contributed by atoms with Gasteiger partial charge < -0.3 is 9.84 Å². The fourth-order valence-corrected chi connectivity index (χ4v) is 1.49.